The molecule has 0 spiro atoms. The van der Waals surface area contributed by atoms with Crippen molar-refractivity contribution in [2.45, 2.75) is 25.9 Å². The van der Waals surface area contributed by atoms with Crippen molar-refractivity contribution in [3.63, 3.8) is 0 Å². The van der Waals surface area contributed by atoms with Crippen LogP contribution in [0, 0.1) is 6.92 Å². The fourth-order valence-electron chi connectivity index (χ4n) is 2.91. The highest BCUT2D eigenvalue weighted by atomic mass is 35.5. The first-order valence-corrected chi connectivity index (χ1v) is 8.13. The third kappa shape index (κ3) is 3.64. The normalized spacial score (nSPS) is 15.5. The molecule has 2 aromatic rings. The Labute approximate surface area is 141 Å². The lowest BCUT2D eigenvalue weighted by Gasteiger charge is -2.34. The first-order valence-electron chi connectivity index (χ1n) is 7.75. The fraction of sp³-hybridized carbons (Fsp3) is 0.333. The molecule has 2 heterocycles. The summed E-state index contributed by atoms with van der Waals surface area (Å²) in [6.07, 6.45) is 4.68. The minimum absolute atomic E-state index is 0.190. The smallest absolute Gasteiger partial charge is 0.153 e. The van der Waals surface area contributed by atoms with E-state index in [1.165, 1.54) is 0 Å². The quantitative estimate of drug-likeness (QED) is 0.797. The lowest BCUT2D eigenvalue weighted by Crippen LogP contribution is -2.38. The highest BCUT2D eigenvalue weighted by molar-refractivity contribution is 6.30. The summed E-state index contributed by atoms with van der Waals surface area (Å²) in [5.74, 6) is 0.848. The molecule has 1 aliphatic rings. The van der Waals surface area contributed by atoms with Crippen LogP contribution >= 0.6 is 11.6 Å². The number of hydrogen-bond donors (Lipinski definition) is 0. The Bertz CT molecular complexity index is 680. The maximum Gasteiger partial charge on any atom is 0.153 e. The van der Waals surface area contributed by atoms with E-state index in [1.807, 2.05) is 37.3 Å². The standard InChI is InChI=1S/C18H19ClN2O2/c1-13-17(12-22)18(6-9-20-13)21-10-7-16(8-11-21)23-15-4-2-14(19)3-5-15/h2-6,9,12,16H,7-8,10-11H2,1H3. The molecule has 0 unspecified atom stereocenters. The Morgan fingerprint density at radius 1 is 1.22 bits per heavy atom. The average molecular weight is 331 g/mol. The van der Waals surface area contributed by atoms with Crippen molar-refractivity contribution in [2.24, 2.45) is 0 Å². The zero-order valence-electron chi connectivity index (χ0n) is 13.0. The summed E-state index contributed by atoms with van der Waals surface area (Å²) in [4.78, 5) is 17.7. The van der Waals surface area contributed by atoms with Crippen LogP contribution < -0.4 is 9.64 Å². The Hall–Kier alpha value is -2.07. The monoisotopic (exact) mass is 330 g/mol. The van der Waals surface area contributed by atoms with Gasteiger partial charge in [-0.15, -0.1) is 0 Å². The number of anilines is 1. The first kappa shape index (κ1) is 15.8. The summed E-state index contributed by atoms with van der Waals surface area (Å²) in [7, 11) is 0. The van der Waals surface area contributed by atoms with Gasteiger partial charge in [0.25, 0.3) is 0 Å². The molecule has 0 bridgehead atoms. The maximum absolute atomic E-state index is 11.3. The molecule has 0 aliphatic carbocycles. The van der Waals surface area contributed by atoms with E-state index in [4.69, 9.17) is 16.3 Å². The zero-order chi connectivity index (χ0) is 16.2. The molecule has 1 fully saturated rings. The number of halogens is 1. The number of carbonyl (C=O) groups is 1. The van der Waals surface area contributed by atoms with Crippen molar-refractivity contribution in [1.82, 2.24) is 4.98 Å². The maximum atomic E-state index is 11.3. The predicted molar refractivity (Wildman–Crippen MR) is 91.7 cm³/mol. The minimum Gasteiger partial charge on any atom is -0.490 e. The van der Waals surface area contributed by atoms with E-state index in [0.717, 1.165) is 49.3 Å². The molecule has 1 aliphatic heterocycles. The molecule has 0 atom stereocenters. The zero-order valence-corrected chi connectivity index (χ0v) is 13.8. The number of ether oxygens (including phenoxy) is 1. The number of pyridine rings is 1. The Kier molecular flexibility index (Phi) is 4.82. The molecule has 0 N–H and O–H groups in total. The second-order valence-electron chi connectivity index (χ2n) is 5.71. The number of carbonyl (C=O) groups excluding carboxylic acids is 1. The summed E-state index contributed by atoms with van der Waals surface area (Å²) < 4.78 is 6.01. The van der Waals surface area contributed by atoms with Gasteiger partial charge >= 0.3 is 0 Å². The van der Waals surface area contributed by atoms with E-state index in [9.17, 15) is 4.79 Å². The van der Waals surface area contributed by atoms with Gasteiger partial charge in [0.15, 0.2) is 6.29 Å². The summed E-state index contributed by atoms with van der Waals surface area (Å²) in [6, 6.07) is 9.37. The van der Waals surface area contributed by atoms with Crippen LogP contribution in [0.25, 0.3) is 0 Å². The van der Waals surface area contributed by atoms with Crippen LogP contribution in [0.5, 0.6) is 5.75 Å². The molecule has 4 nitrogen and oxygen atoms in total. The first-order chi connectivity index (χ1) is 11.2. The van der Waals surface area contributed by atoms with Gasteiger partial charge in [0.2, 0.25) is 0 Å². The van der Waals surface area contributed by atoms with Crippen LogP contribution in [0.1, 0.15) is 28.9 Å². The van der Waals surface area contributed by atoms with Gasteiger partial charge in [-0.25, -0.2) is 0 Å². The third-order valence-electron chi connectivity index (χ3n) is 4.18. The number of benzene rings is 1. The highest BCUT2D eigenvalue weighted by Gasteiger charge is 2.22. The molecule has 3 rings (SSSR count). The molecule has 0 saturated carbocycles. The van der Waals surface area contributed by atoms with Gasteiger partial charge in [-0.2, -0.15) is 0 Å². The number of piperidine rings is 1. The van der Waals surface area contributed by atoms with Gasteiger partial charge < -0.3 is 9.64 Å². The third-order valence-corrected chi connectivity index (χ3v) is 4.44. The second-order valence-corrected chi connectivity index (χ2v) is 6.14. The Morgan fingerprint density at radius 3 is 2.57 bits per heavy atom. The number of hydrogen-bond acceptors (Lipinski definition) is 4. The van der Waals surface area contributed by atoms with Crippen LogP contribution in [0.2, 0.25) is 5.02 Å². The van der Waals surface area contributed by atoms with E-state index >= 15 is 0 Å². The summed E-state index contributed by atoms with van der Waals surface area (Å²) in [5, 5.41) is 0.710. The molecule has 0 radical (unpaired) electrons. The summed E-state index contributed by atoms with van der Waals surface area (Å²) in [6.45, 7) is 3.59. The Morgan fingerprint density at radius 2 is 1.91 bits per heavy atom. The van der Waals surface area contributed by atoms with Gasteiger partial charge in [0.1, 0.15) is 11.9 Å². The van der Waals surface area contributed by atoms with Crippen LogP contribution in [-0.2, 0) is 0 Å². The van der Waals surface area contributed by atoms with Gasteiger partial charge in [0, 0.05) is 42.8 Å². The van der Waals surface area contributed by atoms with Crippen molar-refractivity contribution < 1.29 is 9.53 Å². The molecule has 1 saturated heterocycles. The number of rotatable bonds is 4. The largest absolute Gasteiger partial charge is 0.490 e. The number of aromatic nitrogens is 1. The van der Waals surface area contributed by atoms with E-state index in [-0.39, 0.29) is 6.10 Å². The minimum atomic E-state index is 0.190. The van der Waals surface area contributed by atoms with Crippen molar-refractivity contribution in [2.75, 3.05) is 18.0 Å². The SMILES string of the molecule is Cc1nccc(N2CCC(Oc3ccc(Cl)cc3)CC2)c1C=O. The van der Waals surface area contributed by atoms with Crippen molar-refractivity contribution in [1.29, 1.82) is 0 Å². The van der Waals surface area contributed by atoms with E-state index in [1.54, 1.807) is 6.20 Å². The van der Waals surface area contributed by atoms with Gasteiger partial charge in [0.05, 0.1) is 11.3 Å². The molecule has 5 heteroatoms. The molecule has 23 heavy (non-hydrogen) atoms. The summed E-state index contributed by atoms with van der Waals surface area (Å²) in [5.41, 5.74) is 2.43. The van der Waals surface area contributed by atoms with Crippen LogP contribution in [-0.4, -0.2) is 30.5 Å². The lowest BCUT2D eigenvalue weighted by atomic mass is 10.0. The van der Waals surface area contributed by atoms with Crippen LogP contribution in [0.4, 0.5) is 5.69 Å². The van der Waals surface area contributed by atoms with E-state index in [0.29, 0.717) is 10.6 Å². The molecule has 120 valence electrons. The number of aryl methyl sites for hydroxylation is 1. The van der Waals surface area contributed by atoms with Crippen LogP contribution in [0.3, 0.4) is 0 Å². The average Bonchev–Trinajstić information content (AvgIpc) is 2.57. The topological polar surface area (TPSA) is 42.4 Å². The predicted octanol–water partition coefficient (Wildman–Crippen LogP) is 3.90. The number of aldehydes is 1. The second kappa shape index (κ2) is 7.01. The molecular formula is C18H19ClN2O2. The molecule has 1 aromatic carbocycles. The van der Waals surface area contributed by atoms with E-state index in [2.05, 4.69) is 9.88 Å². The molecular weight excluding hydrogens is 312 g/mol. The highest BCUT2D eigenvalue weighted by Crippen LogP contribution is 2.26. The number of nitrogens with zero attached hydrogens (tertiary/aromatic N) is 2. The van der Waals surface area contributed by atoms with Crippen LogP contribution in [0.15, 0.2) is 36.5 Å². The molecule has 0 amide bonds. The molecule has 1 aromatic heterocycles. The van der Waals surface area contributed by atoms with Gasteiger partial charge in [-0.05, 0) is 37.3 Å². The van der Waals surface area contributed by atoms with E-state index < -0.39 is 0 Å². The lowest BCUT2D eigenvalue weighted by molar-refractivity contribution is 0.112. The van der Waals surface area contributed by atoms with Crippen molar-refractivity contribution in [3.8, 4) is 5.75 Å². The van der Waals surface area contributed by atoms with Gasteiger partial charge in [-0.1, -0.05) is 11.6 Å². The Balaban J connectivity index is 1.63. The summed E-state index contributed by atoms with van der Waals surface area (Å²) >= 11 is 5.89. The van der Waals surface area contributed by atoms with Gasteiger partial charge in [-0.3, -0.25) is 9.78 Å². The fourth-order valence-corrected chi connectivity index (χ4v) is 3.03. The van der Waals surface area contributed by atoms with Crippen molar-refractivity contribution in [3.05, 3.63) is 52.8 Å². The van der Waals surface area contributed by atoms with Crippen molar-refractivity contribution >= 4 is 23.6 Å².